The maximum absolute atomic E-state index is 4.39. The lowest BCUT2D eigenvalue weighted by Crippen LogP contribution is -1.81. The highest BCUT2D eigenvalue weighted by atomic mass is 127. The zero-order valence-corrected chi connectivity index (χ0v) is 11.4. The Morgan fingerprint density at radius 3 is 2.47 bits per heavy atom. The lowest BCUT2D eigenvalue weighted by Gasteiger charge is -1.99. The summed E-state index contributed by atoms with van der Waals surface area (Å²) in [7, 11) is 3.25. The van der Waals surface area contributed by atoms with Gasteiger partial charge in [-0.1, -0.05) is 12.1 Å². The van der Waals surface area contributed by atoms with Crippen LogP contribution in [-0.2, 0) is 0 Å². The molecule has 2 nitrogen and oxygen atoms in total. The number of halogens is 1. The van der Waals surface area contributed by atoms with Gasteiger partial charge in [0.05, 0.1) is 0 Å². The minimum Gasteiger partial charge on any atom is -0.249 e. The third-order valence-electron chi connectivity index (χ3n) is 1.54. The molecule has 0 fully saturated rings. The monoisotopic (exact) mass is 346 g/mol. The zero-order chi connectivity index (χ0) is 10.5. The van der Waals surface area contributed by atoms with Crippen LogP contribution in [0.5, 0.6) is 0 Å². The number of hydrogen-bond donors (Lipinski definition) is 0. The summed E-state index contributed by atoms with van der Waals surface area (Å²) in [6.45, 7) is 0. The Hall–Kier alpha value is -0.270. The highest BCUT2D eigenvalue weighted by Gasteiger charge is 1.99. The molecule has 5 heteroatoms. The molecule has 2 heterocycles. The normalized spacial score (nSPS) is 10.2. The van der Waals surface area contributed by atoms with Gasteiger partial charge in [0.15, 0.2) is 0 Å². The van der Waals surface area contributed by atoms with Gasteiger partial charge >= 0.3 is 0 Å². The third-order valence-corrected chi connectivity index (χ3v) is 4.31. The minimum atomic E-state index is 1.00. The largest absolute Gasteiger partial charge is 0.249 e. The van der Waals surface area contributed by atoms with Crippen LogP contribution in [0.3, 0.4) is 0 Å². The summed E-state index contributed by atoms with van der Waals surface area (Å²) < 4.78 is 1.01. The van der Waals surface area contributed by atoms with Gasteiger partial charge in [0.2, 0.25) is 0 Å². The Bertz CT molecular complexity index is 436. The van der Waals surface area contributed by atoms with E-state index in [1.165, 1.54) is 0 Å². The molecule has 0 saturated heterocycles. The van der Waals surface area contributed by atoms with Gasteiger partial charge in [-0.25, -0.2) is 9.97 Å². The Balaban J connectivity index is 1.99. The van der Waals surface area contributed by atoms with Gasteiger partial charge in [0.1, 0.15) is 13.8 Å². The van der Waals surface area contributed by atoms with E-state index in [0.29, 0.717) is 0 Å². The predicted octanol–water partition coefficient (Wildman–Crippen LogP) is 3.88. The first-order chi connectivity index (χ1) is 7.34. The van der Waals surface area contributed by atoms with E-state index in [2.05, 4.69) is 32.6 Å². The SMILES string of the molecule is Ic1cccc(SSc2ccccn2)n1. The fourth-order valence-corrected chi connectivity index (χ4v) is 3.31. The van der Waals surface area contributed by atoms with Gasteiger partial charge in [-0.15, -0.1) is 0 Å². The zero-order valence-electron chi connectivity index (χ0n) is 7.63. The summed E-state index contributed by atoms with van der Waals surface area (Å²) >= 11 is 2.21. The molecule has 0 spiro atoms. The fraction of sp³-hybridized carbons (Fsp3) is 0. The number of aromatic nitrogens is 2. The van der Waals surface area contributed by atoms with Crippen molar-refractivity contribution in [2.75, 3.05) is 0 Å². The molecule has 2 aromatic rings. The van der Waals surface area contributed by atoms with Crippen LogP contribution in [0.4, 0.5) is 0 Å². The summed E-state index contributed by atoms with van der Waals surface area (Å²) in [6.07, 6.45) is 1.80. The predicted molar refractivity (Wildman–Crippen MR) is 72.9 cm³/mol. The summed E-state index contributed by atoms with van der Waals surface area (Å²) in [5.74, 6) is 0. The average Bonchev–Trinajstić information content (AvgIpc) is 2.28. The molecule has 0 aromatic carbocycles. The molecule has 76 valence electrons. The van der Waals surface area contributed by atoms with Crippen LogP contribution in [0.1, 0.15) is 0 Å². The van der Waals surface area contributed by atoms with Gasteiger partial charge in [0, 0.05) is 6.20 Å². The van der Waals surface area contributed by atoms with E-state index >= 15 is 0 Å². The molecule has 0 aliphatic rings. The number of hydrogen-bond acceptors (Lipinski definition) is 4. The van der Waals surface area contributed by atoms with Crippen molar-refractivity contribution in [1.82, 2.24) is 9.97 Å². The molecule has 15 heavy (non-hydrogen) atoms. The Kier molecular flexibility index (Phi) is 4.28. The molecule has 0 aliphatic heterocycles. The van der Waals surface area contributed by atoms with Crippen molar-refractivity contribution < 1.29 is 0 Å². The molecule has 2 aromatic heterocycles. The summed E-state index contributed by atoms with van der Waals surface area (Å²) in [5.41, 5.74) is 0. The number of pyridine rings is 2. The van der Waals surface area contributed by atoms with E-state index in [1.807, 2.05) is 36.4 Å². The van der Waals surface area contributed by atoms with Gasteiger partial charge in [-0.05, 0) is 68.4 Å². The smallest absolute Gasteiger partial charge is 0.108 e. The van der Waals surface area contributed by atoms with Crippen molar-refractivity contribution in [3.63, 3.8) is 0 Å². The molecule has 0 N–H and O–H groups in total. The third kappa shape index (κ3) is 3.66. The molecule has 0 atom stereocenters. The summed E-state index contributed by atoms with van der Waals surface area (Å²) in [4.78, 5) is 8.62. The van der Waals surface area contributed by atoms with Crippen molar-refractivity contribution in [1.29, 1.82) is 0 Å². The van der Waals surface area contributed by atoms with E-state index in [-0.39, 0.29) is 0 Å². The Morgan fingerprint density at radius 2 is 1.73 bits per heavy atom. The molecule has 0 bridgehead atoms. The number of nitrogens with zero attached hydrogens (tertiary/aromatic N) is 2. The first kappa shape index (κ1) is 11.2. The lowest BCUT2D eigenvalue weighted by atomic mass is 10.5. The van der Waals surface area contributed by atoms with Crippen LogP contribution < -0.4 is 0 Å². The highest BCUT2D eigenvalue weighted by molar-refractivity contribution is 14.1. The Labute approximate surface area is 110 Å². The van der Waals surface area contributed by atoms with Gasteiger partial charge in [0.25, 0.3) is 0 Å². The molecular formula is C10H7IN2S2. The van der Waals surface area contributed by atoms with E-state index in [1.54, 1.807) is 27.8 Å². The first-order valence-electron chi connectivity index (χ1n) is 4.23. The second-order valence-corrected chi connectivity index (χ2v) is 5.91. The van der Waals surface area contributed by atoms with E-state index in [4.69, 9.17) is 0 Å². The fourth-order valence-electron chi connectivity index (χ4n) is 0.918. The van der Waals surface area contributed by atoms with Crippen LogP contribution in [0.15, 0.2) is 52.6 Å². The van der Waals surface area contributed by atoms with Gasteiger partial charge in [-0.3, -0.25) is 0 Å². The van der Waals surface area contributed by atoms with Crippen molar-refractivity contribution in [2.45, 2.75) is 10.1 Å². The van der Waals surface area contributed by atoms with Crippen molar-refractivity contribution >= 4 is 44.2 Å². The van der Waals surface area contributed by atoms with E-state index in [9.17, 15) is 0 Å². The quantitative estimate of drug-likeness (QED) is 0.479. The molecule has 0 saturated carbocycles. The Morgan fingerprint density at radius 1 is 0.933 bits per heavy atom. The van der Waals surface area contributed by atoms with Crippen molar-refractivity contribution in [3.8, 4) is 0 Å². The van der Waals surface area contributed by atoms with E-state index in [0.717, 1.165) is 13.8 Å². The van der Waals surface area contributed by atoms with Crippen LogP contribution >= 0.6 is 44.2 Å². The molecule has 0 unspecified atom stereocenters. The lowest BCUT2D eigenvalue weighted by molar-refractivity contribution is 1.10. The van der Waals surface area contributed by atoms with Crippen LogP contribution in [0, 0.1) is 3.70 Å². The average molecular weight is 346 g/mol. The molecule has 0 aliphatic carbocycles. The van der Waals surface area contributed by atoms with Crippen LogP contribution in [0.2, 0.25) is 0 Å². The van der Waals surface area contributed by atoms with Gasteiger partial charge in [-0.2, -0.15) is 0 Å². The first-order valence-corrected chi connectivity index (χ1v) is 7.45. The summed E-state index contributed by atoms with van der Waals surface area (Å²) in [5, 5.41) is 2.01. The van der Waals surface area contributed by atoms with Crippen molar-refractivity contribution in [3.05, 3.63) is 46.3 Å². The molecule has 0 radical (unpaired) electrons. The number of rotatable bonds is 3. The van der Waals surface area contributed by atoms with Crippen molar-refractivity contribution in [2.24, 2.45) is 0 Å². The second kappa shape index (κ2) is 5.72. The standard InChI is InChI=1S/C10H7IN2S2/c11-8-4-3-6-10(13-8)15-14-9-5-1-2-7-12-9/h1-7H. The molecule has 2 rings (SSSR count). The van der Waals surface area contributed by atoms with E-state index < -0.39 is 0 Å². The second-order valence-electron chi connectivity index (χ2n) is 2.63. The topological polar surface area (TPSA) is 25.8 Å². The van der Waals surface area contributed by atoms with Crippen LogP contribution in [0.25, 0.3) is 0 Å². The summed E-state index contributed by atoms with van der Waals surface area (Å²) in [6, 6.07) is 11.9. The van der Waals surface area contributed by atoms with Gasteiger partial charge < -0.3 is 0 Å². The molecule has 0 amide bonds. The minimum absolute atomic E-state index is 1.00. The maximum Gasteiger partial charge on any atom is 0.108 e. The highest BCUT2D eigenvalue weighted by Crippen LogP contribution is 2.34. The molecular weight excluding hydrogens is 339 g/mol. The maximum atomic E-state index is 4.39. The van der Waals surface area contributed by atoms with Crippen LogP contribution in [-0.4, -0.2) is 9.97 Å².